The molecule has 1 N–H and O–H groups in total. The molecule has 1 saturated heterocycles. The monoisotopic (exact) mass is 301 g/mol. The first-order chi connectivity index (χ1) is 9.15. The van der Waals surface area contributed by atoms with Crippen LogP contribution in [0.4, 0.5) is 4.39 Å². The molecule has 0 amide bonds. The molecular weight excluding hydrogens is 288 g/mol. The lowest BCUT2D eigenvalue weighted by atomic mass is 10.0. The number of nitriles is 1. The van der Waals surface area contributed by atoms with E-state index in [2.05, 4.69) is 16.3 Å². The Hall–Kier alpha value is -0.860. The predicted octanol–water partition coefficient (Wildman–Crippen LogP) is 2.99. The van der Waals surface area contributed by atoms with Crippen LogP contribution in [0.15, 0.2) is 12.1 Å². The maximum atomic E-state index is 14.2. The molecule has 0 saturated carbocycles. The Morgan fingerprint density at radius 2 is 1.95 bits per heavy atom. The molecule has 0 spiro atoms. The Bertz CT molecular complexity index is 495. The summed E-state index contributed by atoms with van der Waals surface area (Å²) >= 11 is 11.9. The fourth-order valence-electron chi connectivity index (χ4n) is 2.34. The minimum atomic E-state index is -0.520. The summed E-state index contributed by atoms with van der Waals surface area (Å²) in [4.78, 5) is 2.07. The van der Waals surface area contributed by atoms with Crippen molar-refractivity contribution in [3.8, 4) is 6.07 Å². The number of halogens is 3. The van der Waals surface area contributed by atoms with Crippen molar-refractivity contribution in [2.45, 2.75) is 12.5 Å². The average Bonchev–Trinajstić information content (AvgIpc) is 2.43. The number of benzene rings is 1. The van der Waals surface area contributed by atoms with Gasteiger partial charge in [0.05, 0.1) is 23.6 Å². The van der Waals surface area contributed by atoms with E-state index in [1.807, 2.05) is 0 Å². The highest BCUT2D eigenvalue weighted by Crippen LogP contribution is 2.35. The van der Waals surface area contributed by atoms with E-state index in [-0.39, 0.29) is 17.5 Å². The first kappa shape index (κ1) is 14.5. The van der Waals surface area contributed by atoms with E-state index in [9.17, 15) is 4.39 Å². The molecule has 102 valence electrons. The molecule has 0 radical (unpaired) electrons. The summed E-state index contributed by atoms with van der Waals surface area (Å²) in [5, 5.41) is 12.6. The highest BCUT2D eigenvalue weighted by Gasteiger charge is 2.27. The van der Waals surface area contributed by atoms with Crippen LogP contribution in [0.5, 0.6) is 0 Å². The smallest absolute Gasteiger partial charge is 0.148 e. The molecule has 1 aliphatic rings. The van der Waals surface area contributed by atoms with Crippen LogP contribution in [0.3, 0.4) is 0 Å². The molecule has 1 aromatic rings. The molecule has 2 rings (SSSR count). The Balaban J connectivity index is 2.38. The zero-order valence-electron chi connectivity index (χ0n) is 10.3. The summed E-state index contributed by atoms with van der Waals surface area (Å²) in [5.74, 6) is -0.520. The van der Waals surface area contributed by atoms with Gasteiger partial charge in [-0.05, 0) is 12.1 Å². The van der Waals surface area contributed by atoms with E-state index in [0.717, 1.165) is 26.2 Å². The van der Waals surface area contributed by atoms with E-state index in [4.69, 9.17) is 28.5 Å². The molecule has 0 aromatic heterocycles. The number of piperazine rings is 1. The summed E-state index contributed by atoms with van der Waals surface area (Å²) in [6, 6.07) is 4.77. The Kier molecular flexibility index (Phi) is 5.00. The van der Waals surface area contributed by atoms with Crippen LogP contribution in [-0.2, 0) is 0 Å². The third kappa shape index (κ3) is 3.18. The molecule has 1 atom stereocenters. The Morgan fingerprint density at radius 3 is 2.58 bits per heavy atom. The summed E-state index contributed by atoms with van der Waals surface area (Å²) in [6.45, 7) is 3.16. The summed E-state index contributed by atoms with van der Waals surface area (Å²) in [6.07, 6.45) is 0.191. The van der Waals surface area contributed by atoms with E-state index in [1.54, 1.807) is 6.07 Å². The molecule has 1 aromatic carbocycles. The molecule has 1 fully saturated rings. The maximum absolute atomic E-state index is 14.2. The maximum Gasteiger partial charge on any atom is 0.148 e. The van der Waals surface area contributed by atoms with Crippen LogP contribution in [0, 0.1) is 17.1 Å². The lowest BCUT2D eigenvalue weighted by molar-refractivity contribution is 0.172. The number of nitrogens with zero attached hydrogens (tertiary/aromatic N) is 2. The van der Waals surface area contributed by atoms with Gasteiger partial charge in [-0.15, -0.1) is 0 Å². The topological polar surface area (TPSA) is 39.1 Å². The van der Waals surface area contributed by atoms with E-state index in [0.29, 0.717) is 10.6 Å². The second-order valence-corrected chi connectivity index (χ2v) is 5.24. The molecule has 0 aliphatic carbocycles. The third-order valence-corrected chi connectivity index (χ3v) is 3.91. The summed E-state index contributed by atoms with van der Waals surface area (Å²) in [5.41, 5.74) is 0.331. The van der Waals surface area contributed by atoms with Crippen molar-refractivity contribution >= 4 is 23.2 Å². The molecule has 6 heteroatoms. The quantitative estimate of drug-likeness (QED) is 0.872. The van der Waals surface area contributed by atoms with Crippen molar-refractivity contribution in [2.75, 3.05) is 26.2 Å². The van der Waals surface area contributed by atoms with Gasteiger partial charge in [-0.2, -0.15) is 5.26 Å². The zero-order chi connectivity index (χ0) is 13.8. The molecule has 19 heavy (non-hydrogen) atoms. The van der Waals surface area contributed by atoms with E-state index in [1.165, 1.54) is 6.07 Å². The predicted molar refractivity (Wildman–Crippen MR) is 73.8 cm³/mol. The van der Waals surface area contributed by atoms with Gasteiger partial charge >= 0.3 is 0 Å². The minimum Gasteiger partial charge on any atom is -0.314 e. The van der Waals surface area contributed by atoms with Gasteiger partial charge in [0.2, 0.25) is 0 Å². The second-order valence-electron chi connectivity index (χ2n) is 4.42. The van der Waals surface area contributed by atoms with Gasteiger partial charge in [0.15, 0.2) is 0 Å². The fraction of sp³-hybridized carbons (Fsp3) is 0.462. The standard InChI is InChI=1S/C13H14Cl2FN3/c14-9-1-2-10(15)13(16)12(9)11(3-4-17)19-7-5-18-6-8-19/h1-2,11,18H,3,5-8H2/t11-/m1/s1. The normalized spacial score (nSPS) is 18.0. The van der Waals surface area contributed by atoms with Gasteiger partial charge in [-0.3, -0.25) is 4.90 Å². The van der Waals surface area contributed by atoms with Crippen molar-refractivity contribution in [3.63, 3.8) is 0 Å². The van der Waals surface area contributed by atoms with Crippen LogP contribution >= 0.6 is 23.2 Å². The average molecular weight is 302 g/mol. The van der Waals surface area contributed by atoms with Gasteiger partial charge in [0, 0.05) is 36.8 Å². The van der Waals surface area contributed by atoms with Crippen molar-refractivity contribution in [1.29, 1.82) is 5.26 Å². The Morgan fingerprint density at radius 1 is 1.32 bits per heavy atom. The van der Waals surface area contributed by atoms with Gasteiger partial charge in [0.25, 0.3) is 0 Å². The third-order valence-electron chi connectivity index (χ3n) is 3.29. The number of rotatable bonds is 3. The fourth-order valence-corrected chi connectivity index (χ4v) is 2.78. The van der Waals surface area contributed by atoms with E-state index < -0.39 is 5.82 Å². The summed E-state index contributed by atoms with van der Waals surface area (Å²) in [7, 11) is 0. The molecule has 0 bridgehead atoms. The van der Waals surface area contributed by atoms with Gasteiger partial charge in [0.1, 0.15) is 5.82 Å². The number of hydrogen-bond acceptors (Lipinski definition) is 3. The zero-order valence-corrected chi connectivity index (χ0v) is 11.8. The highest BCUT2D eigenvalue weighted by molar-refractivity contribution is 6.33. The lowest BCUT2D eigenvalue weighted by Crippen LogP contribution is -2.45. The van der Waals surface area contributed by atoms with E-state index >= 15 is 0 Å². The number of hydrogen-bond donors (Lipinski definition) is 1. The van der Waals surface area contributed by atoms with Crippen molar-refractivity contribution in [1.82, 2.24) is 10.2 Å². The van der Waals surface area contributed by atoms with Crippen molar-refractivity contribution in [2.24, 2.45) is 0 Å². The molecule has 3 nitrogen and oxygen atoms in total. The van der Waals surface area contributed by atoms with Crippen molar-refractivity contribution < 1.29 is 4.39 Å². The molecule has 1 heterocycles. The van der Waals surface area contributed by atoms with Crippen LogP contribution in [0.2, 0.25) is 10.0 Å². The van der Waals surface area contributed by atoms with Crippen molar-refractivity contribution in [3.05, 3.63) is 33.6 Å². The van der Waals surface area contributed by atoms with Crippen LogP contribution in [-0.4, -0.2) is 31.1 Å². The highest BCUT2D eigenvalue weighted by atomic mass is 35.5. The minimum absolute atomic E-state index is 0.0393. The first-order valence-electron chi connectivity index (χ1n) is 6.10. The van der Waals surface area contributed by atoms with Crippen LogP contribution in [0.1, 0.15) is 18.0 Å². The van der Waals surface area contributed by atoms with Crippen LogP contribution < -0.4 is 5.32 Å². The lowest BCUT2D eigenvalue weighted by Gasteiger charge is -2.34. The second kappa shape index (κ2) is 6.53. The Labute approximate surface area is 121 Å². The van der Waals surface area contributed by atoms with Gasteiger partial charge in [-0.25, -0.2) is 4.39 Å². The van der Waals surface area contributed by atoms with Gasteiger partial charge < -0.3 is 5.32 Å². The number of nitrogens with one attached hydrogen (secondary N) is 1. The SMILES string of the molecule is N#CC[C@H](c1c(Cl)ccc(Cl)c1F)N1CCNCC1. The van der Waals surface area contributed by atoms with Crippen LogP contribution in [0.25, 0.3) is 0 Å². The molecule has 1 aliphatic heterocycles. The first-order valence-corrected chi connectivity index (χ1v) is 6.86. The molecular formula is C13H14Cl2FN3. The van der Waals surface area contributed by atoms with Gasteiger partial charge in [-0.1, -0.05) is 23.2 Å². The molecule has 0 unspecified atom stereocenters. The summed E-state index contributed by atoms with van der Waals surface area (Å²) < 4.78 is 14.2. The largest absolute Gasteiger partial charge is 0.314 e.